The average molecular weight is 499 g/mol. The van der Waals surface area contributed by atoms with Crippen LogP contribution in [0.15, 0.2) is 61.1 Å². The summed E-state index contributed by atoms with van der Waals surface area (Å²) in [5.41, 5.74) is 2.94. The Bertz CT molecular complexity index is 1250. The first-order valence-corrected chi connectivity index (χ1v) is 10.7. The number of ether oxygens (including phenoxy) is 1. The van der Waals surface area contributed by atoms with Crippen LogP contribution < -0.4 is 15.4 Å². The number of urea groups is 1. The summed E-state index contributed by atoms with van der Waals surface area (Å²) < 4.78 is 42.2. The van der Waals surface area contributed by atoms with Crippen molar-refractivity contribution in [1.29, 1.82) is 0 Å². The molecule has 0 spiro atoms. The molecule has 0 aliphatic carbocycles. The predicted molar refractivity (Wildman–Crippen MR) is 121 cm³/mol. The number of carbonyl (C=O) groups is 3. The molecule has 1 atom stereocenters. The second kappa shape index (κ2) is 10.4. The molecule has 2 aromatic carbocycles. The first-order valence-electron chi connectivity index (χ1n) is 10.7. The van der Waals surface area contributed by atoms with Crippen molar-refractivity contribution in [2.75, 3.05) is 13.2 Å². The van der Waals surface area contributed by atoms with Gasteiger partial charge in [0, 0.05) is 36.6 Å². The quantitative estimate of drug-likeness (QED) is 0.460. The van der Waals surface area contributed by atoms with Crippen molar-refractivity contribution < 1.29 is 32.3 Å². The van der Waals surface area contributed by atoms with Gasteiger partial charge in [-0.25, -0.2) is 4.79 Å². The first kappa shape index (κ1) is 24.6. The number of aromatic nitrogens is 2. The molecule has 0 saturated heterocycles. The van der Waals surface area contributed by atoms with Gasteiger partial charge in [-0.1, -0.05) is 30.3 Å². The SMILES string of the molecule is O=CNC(=O)N[C@@H](CN1Cc2ccc(OCC(F)(F)F)cc2C1=O)c1ccc(-c2cnccn2)cc1. The molecular weight excluding hydrogens is 479 g/mol. The maximum atomic E-state index is 13.0. The van der Waals surface area contributed by atoms with Crippen molar-refractivity contribution in [3.8, 4) is 17.0 Å². The molecule has 1 aliphatic rings. The molecular formula is C24H20F3N5O4. The highest BCUT2D eigenvalue weighted by Crippen LogP contribution is 2.30. The van der Waals surface area contributed by atoms with E-state index in [9.17, 15) is 27.6 Å². The number of amides is 4. The second-order valence-electron chi connectivity index (χ2n) is 7.91. The summed E-state index contributed by atoms with van der Waals surface area (Å²) in [6, 6.07) is 9.84. The first-order chi connectivity index (χ1) is 17.2. The molecule has 0 unspecified atom stereocenters. The number of nitrogens with one attached hydrogen (secondary N) is 2. The third kappa shape index (κ3) is 5.95. The molecule has 2 heterocycles. The summed E-state index contributed by atoms with van der Waals surface area (Å²) in [4.78, 5) is 45.5. The van der Waals surface area contributed by atoms with Gasteiger partial charge >= 0.3 is 12.2 Å². The predicted octanol–water partition coefficient (Wildman–Crippen LogP) is 3.24. The number of hydrogen-bond donors (Lipinski definition) is 2. The highest BCUT2D eigenvalue weighted by molar-refractivity contribution is 5.98. The zero-order chi connectivity index (χ0) is 25.7. The Labute approximate surface area is 203 Å². The largest absolute Gasteiger partial charge is 0.484 e. The lowest BCUT2D eigenvalue weighted by Gasteiger charge is -2.25. The average Bonchev–Trinajstić information content (AvgIpc) is 3.17. The van der Waals surface area contributed by atoms with Gasteiger partial charge in [0.05, 0.1) is 17.9 Å². The fourth-order valence-electron chi connectivity index (χ4n) is 3.79. The highest BCUT2D eigenvalue weighted by Gasteiger charge is 2.32. The van der Waals surface area contributed by atoms with E-state index in [1.54, 1.807) is 42.9 Å². The lowest BCUT2D eigenvalue weighted by molar-refractivity contribution is -0.153. The summed E-state index contributed by atoms with van der Waals surface area (Å²) >= 11 is 0. The van der Waals surface area contributed by atoms with Crippen molar-refractivity contribution in [2.24, 2.45) is 0 Å². The molecule has 12 heteroatoms. The Kier molecular flexibility index (Phi) is 7.13. The maximum absolute atomic E-state index is 13.0. The van der Waals surface area contributed by atoms with Gasteiger partial charge in [0.1, 0.15) is 5.75 Å². The number of imide groups is 1. The standard InChI is InChI=1S/C24H20F3N5O4/c25-24(26,27)13-36-18-6-5-17-11-32(22(34)19(17)9-18)12-21(31-23(35)30-14-33)16-3-1-15(2-4-16)20-10-28-7-8-29-20/h1-10,14,21H,11-13H2,(H2,30,31,33,35)/t21-/m0/s1. The normalized spacial score (nSPS) is 13.6. The topological polar surface area (TPSA) is 114 Å². The Morgan fingerprint density at radius 3 is 2.61 bits per heavy atom. The summed E-state index contributed by atoms with van der Waals surface area (Å²) in [7, 11) is 0. The Hall–Kier alpha value is -4.48. The van der Waals surface area contributed by atoms with Crippen LogP contribution in [0.4, 0.5) is 18.0 Å². The fraction of sp³-hybridized carbons (Fsp3) is 0.208. The zero-order valence-electron chi connectivity index (χ0n) is 18.7. The van der Waals surface area contributed by atoms with E-state index < -0.39 is 30.8 Å². The number of benzene rings is 2. The Balaban J connectivity index is 1.52. The van der Waals surface area contributed by atoms with Crippen LogP contribution in [0, 0.1) is 0 Å². The third-order valence-corrected chi connectivity index (χ3v) is 5.43. The minimum absolute atomic E-state index is 0.0447. The second-order valence-corrected chi connectivity index (χ2v) is 7.91. The molecule has 4 rings (SSSR count). The van der Waals surface area contributed by atoms with Crippen molar-refractivity contribution in [2.45, 2.75) is 18.8 Å². The minimum atomic E-state index is -4.50. The number of fused-ring (bicyclic) bond motifs is 1. The zero-order valence-corrected chi connectivity index (χ0v) is 18.7. The van der Waals surface area contributed by atoms with E-state index in [1.165, 1.54) is 23.1 Å². The number of alkyl halides is 3. The van der Waals surface area contributed by atoms with Crippen LogP contribution in [0.2, 0.25) is 0 Å². The molecule has 4 amide bonds. The summed E-state index contributed by atoms with van der Waals surface area (Å²) in [6.07, 6.45) is 0.462. The Morgan fingerprint density at radius 1 is 1.17 bits per heavy atom. The van der Waals surface area contributed by atoms with Crippen molar-refractivity contribution in [3.05, 3.63) is 77.7 Å². The van der Waals surface area contributed by atoms with Gasteiger partial charge in [-0.2, -0.15) is 13.2 Å². The van der Waals surface area contributed by atoms with Gasteiger partial charge in [0.2, 0.25) is 6.41 Å². The van der Waals surface area contributed by atoms with Gasteiger partial charge < -0.3 is 15.0 Å². The molecule has 0 radical (unpaired) electrons. The number of hydrogen-bond acceptors (Lipinski definition) is 6. The molecule has 3 aromatic rings. The van der Waals surface area contributed by atoms with Crippen LogP contribution in [-0.2, 0) is 11.3 Å². The van der Waals surface area contributed by atoms with E-state index in [1.807, 2.05) is 5.32 Å². The van der Waals surface area contributed by atoms with Crippen LogP contribution in [0.1, 0.15) is 27.5 Å². The molecule has 1 aliphatic heterocycles. The smallest absolute Gasteiger partial charge is 0.422 e. The van der Waals surface area contributed by atoms with E-state index >= 15 is 0 Å². The van der Waals surface area contributed by atoms with E-state index in [0.29, 0.717) is 16.8 Å². The van der Waals surface area contributed by atoms with Gasteiger partial charge in [0.15, 0.2) is 6.61 Å². The molecule has 1 aromatic heterocycles. The third-order valence-electron chi connectivity index (χ3n) is 5.43. The molecule has 9 nitrogen and oxygen atoms in total. The monoisotopic (exact) mass is 499 g/mol. The van der Waals surface area contributed by atoms with E-state index in [0.717, 1.165) is 5.56 Å². The summed E-state index contributed by atoms with van der Waals surface area (Å²) in [6.45, 7) is -1.23. The number of carbonyl (C=O) groups excluding carboxylic acids is 3. The van der Waals surface area contributed by atoms with Crippen LogP contribution in [0.25, 0.3) is 11.3 Å². The van der Waals surface area contributed by atoms with Gasteiger partial charge in [0.25, 0.3) is 5.91 Å². The number of rotatable bonds is 8. The van der Waals surface area contributed by atoms with Gasteiger partial charge in [-0.15, -0.1) is 0 Å². The number of halogens is 3. The lowest BCUT2D eigenvalue weighted by atomic mass is 10.0. The minimum Gasteiger partial charge on any atom is -0.484 e. The van der Waals surface area contributed by atoms with Crippen LogP contribution in [0.5, 0.6) is 5.75 Å². The molecule has 2 N–H and O–H groups in total. The van der Waals surface area contributed by atoms with Crippen molar-refractivity contribution in [3.63, 3.8) is 0 Å². The molecule has 0 fully saturated rings. The van der Waals surface area contributed by atoms with Gasteiger partial charge in [-0.05, 0) is 23.3 Å². The fourth-order valence-corrected chi connectivity index (χ4v) is 3.79. The van der Waals surface area contributed by atoms with Gasteiger partial charge in [-0.3, -0.25) is 24.9 Å². The molecule has 0 bridgehead atoms. The van der Waals surface area contributed by atoms with E-state index in [2.05, 4.69) is 15.3 Å². The van der Waals surface area contributed by atoms with Crippen LogP contribution in [0.3, 0.4) is 0 Å². The van der Waals surface area contributed by atoms with Crippen molar-refractivity contribution >= 4 is 18.3 Å². The lowest BCUT2D eigenvalue weighted by Crippen LogP contribution is -2.42. The molecule has 36 heavy (non-hydrogen) atoms. The van der Waals surface area contributed by atoms with Crippen LogP contribution in [-0.4, -0.2) is 52.5 Å². The Morgan fingerprint density at radius 2 is 1.94 bits per heavy atom. The summed E-state index contributed by atoms with van der Waals surface area (Å²) in [5, 5.41) is 4.67. The highest BCUT2D eigenvalue weighted by atomic mass is 19.4. The maximum Gasteiger partial charge on any atom is 0.422 e. The molecule has 186 valence electrons. The van der Waals surface area contributed by atoms with Crippen molar-refractivity contribution in [1.82, 2.24) is 25.5 Å². The van der Waals surface area contributed by atoms with E-state index in [4.69, 9.17) is 4.74 Å². The number of nitrogens with zero attached hydrogens (tertiary/aromatic N) is 3. The van der Waals surface area contributed by atoms with E-state index in [-0.39, 0.29) is 30.8 Å². The summed E-state index contributed by atoms with van der Waals surface area (Å²) in [5.74, 6) is -0.484. The molecule has 0 saturated carbocycles. The van der Waals surface area contributed by atoms with Crippen LogP contribution >= 0.6 is 0 Å².